The maximum Gasteiger partial charge on any atom is 0.417 e. The van der Waals surface area contributed by atoms with Crippen LogP contribution in [-0.4, -0.2) is 16.0 Å². The van der Waals surface area contributed by atoms with Crippen LogP contribution in [0.2, 0.25) is 10.0 Å². The molecule has 0 unspecified atom stereocenters. The third kappa shape index (κ3) is 5.72. The summed E-state index contributed by atoms with van der Waals surface area (Å²) < 4.78 is 38.1. The Bertz CT molecular complexity index is 1030. The Balaban J connectivity index is 1.68. The SMILES string of the molecule is O=C(Nc1ccc(Cl)cc1)Nc1cccc(Nc2ncc(C(F)(F)F)cc2Cl)n1. The maximum absolute atomic E-state index is 12.7. The molecule has 2 heterocycles. The highest BCUT2D eigenvalue weighted by Crippen LogP contribution is 2.33. The summed E-state index contributed by atoms with van der Waals surface area (Å²) in [5.74, 6) is 0.419. The summed E-state index contributed by atoms with van der Waals surface area (Å²) in [5, 5.41) is 8.17. The van der Waals surface area contributed by atoms with Gasteiger partial charge in [-0.3, -0.25) is 5.32 Å². The molecule has 11 heteroatoms. The Kier molecular flexibility index (Phi) is 6.09. The lowest BCUT2D eigenvalue weighted by Gasteiger charge is -2.11. The first-order valence-electron chi connectivity index (χ1n) is 8.01. The van der Waals surface area contributed by atoms with E-state index < -0.39 is 17.8 Å². The Morgan fingerprint density at radius 1 is 0.966 bits per heavy atom. The number of nitrogens with zero attached hydrogens (tertiary/aromatic N) is 2. The number of hydrogen-bond acceptors (Lipinski definition) is 4. The van der Waals surface area contributed by atoms with Gasteiger partial charge in [-0.15, -0.1) is 0 Å². The van der Waals surface area contributed by atoms with Crippen LogP contribution in [0, 0.1) is 0 Å². The van der Waals surface area contributed by atoms with Crippen molar-refractivity contribution in [2.24, 2.45) is 0 Å². The first-order valence-corrected chi connectivity index (χ1v) is 8.77. The molecule has 3 aromatic rings. The van der Waals surface area contributed by atoms with Crippen LogP contribution in [0.25, 0.3) is 0 Å². The fourth-order valence-corrected chi connectivity index (χ4v) is 2.53. The number of pyridine rings is 2. The minimum atomic E-state index is -4.55. The smallest absolute Gasteiger partial charge is 0.324 e. The van der Waals surface area contributed by atoms with E-state index in [1.165, 1.54) is 12.1 Å². The van der Waals surface area contributed by atoms with E-state index >= 15 is 0 Å². The lowest BCUT2D eigenvalue weighted by molar-refractivity contribution is -0.137. The summed E-state index contributed by atoms with van der Waals surface area (Å²) in [6, 6.07) is 11.4. The van der Waals surface area contributed by atoms with Crippen LogP contribution in [-0.2, 0) is 6.18 Å². The van der Waals surface area contributed by atoms with Crippen LogP contribution < -0.4 is 16.0 Å². The van der Waals surface area contributed by atoms with Crippen LogP contribution in [0.1, 0.15) is 5.56 Å². The fraction of sp³-hybridized carbons (Fsp3) is 0.0556. The van der Waals surface area contributed by atoms with Gasteiger partial charge in [0.15, 0.2) is 0 Å². The number of halogens is 5. The number of anilines is 4. The van der Waals surface area contributed by atoms with E-state index in [1.807, 2.05) is 0 Å². The van der Waals surface area contributed by atoms with Crippen molar-refractivity contribution in [1.82, 2.24) is 9.97 Å². The summed E-state index contributed by atoms with van der Waals surface area (Å²) in [5.41, 5.74) is -0.433. The number of carbonyl (C=O) groups excluding carboxylic acids is 1. The number of rotatable bonds is 4. The molecular formula is C18H12Cl2F3N5O. The molecule has 0 radical (unpaired) electrons. The van der Waals surface area contributed by atoms with Crippen molar-refractivity contribution in [3.05, 3.63) is 70.3 Å². The molecule has 0 spiro atoms. The van der Waals surface area contributed by atoms with Gasteiger partial charge in [0.25, 0.3) is 0 Å². The van der Waals surface area contributed by atoms with E-state index in [4.69, 9.17) is 23.2 Å². The Hall–Kier alpha value is -3.04. The summed E-state index contributed by atoms with van der Waals surface area (Å²) in [4.78, 5) is 19.9. The highest BCUT2D eigenvalue weighted by atomic mass is 35.5. The van der Waals surface area contributed by atoms with E-state index in [9.17, 15) is 18.0 Å². The second-order valence-electron chi connectivity index (χ2n) is 5.67. The number of nitrogens with one attached hydrogen (secondary N) is 3. The number of alkyl halides is 3. The van der Waals surface area contributed by atoms with Gasteiger partial charge in [-0.2, -0.15) is 13.2 Å². The number of carbonyl (C=O) groups is 1. The number of aromatic nitrogens is 2. The van der Waals surface area contributed by atoms with Gasteiger partial charge < -0.3 is 10.6 Å². The van der Waals surface area contributed by atoms with E-state index in [1.54, 1.807) is 30.3 Å². The van der Waals surface area contributed by atoms with Crippen molar-refractivity contribution in [2.75, 3.05) is 16.0 Å². The Labute approximate surface area is 173 Å². The normalized spacial score (nSPS) is 11.1. The van der Waals surface area contributed by atoms with Crippen LogP contribution >= 0.6 is 23.2 Å². The number of benzene rings is 1. The zero-order valence-electron chi connectivity index (χ0n) is 14.4. The molecule has 6 nitrogen and oxygen atoms in total. The van der Waals surface area contributed by atoms with Gasteiger partial charge in [0.1, 0.15) is 17.5 Å². The lowest BCUT2D eigenvalue weighted by atomic mass is 10.3. The van der Waals surface area contributed by atoms with E-state index in [2.05, 4.69) is 25.9 Å². The number of hydrogen-bond donors (Lipinski definition) is 3. The van der Waals surface area contributed by atoms with Crippen LogP contribution in [0.3, 0.4) is 0 Å². The third-order valence-electron chi connectivity index (χ3n) is 3.51. The van der Waals surface area contributed by atoms with Crippen molar-refractivity contribution in [3.63, 3.8) is 0 Å². The van der Waals surface area contributed by atoms with Gasteiger partial charge in [-0.05, 0) is 42.5 Å². The molecule has 3 N–H and O–H groups in total. The van der Waals surface area contributed by atoms with Crippen molar-refractivity contribution in [3.8, 4) is 0 Å². The summed E-state index contributed by atoms with van der Waals surface area (Å²) in [6.07, 6.45) is -3.88. The topological polar surface area (TPSA) is 78.9 Å². The third-order valence-corrected chi connectivity index (χ3v) is 4.05. The van der Waals surface area contributed by atoms with Crippen LogP contribution in [0.5, 0.6) is 0 Å². The highest BCUT2D eigenvalue weighted by molar-refractivity contribution is 6.33. The molecule has 0 fully saturated rings. The Morgan fingerprint density at radius 2 is 1.66 bits per heavy atom. The van der Waals surface area contributed by atoms with Crippen LogP contribution in [0.15, 0.2) is 54.7 Å². The standard InChI is InChI=1S/C18H12Cl2F3N5O/c19-11-4-6-12(7-5-11)25-17(29)28-15-3-1-2-14(26-15)27-16-13(20)8-10(9-24-16)18(21,22)23/h1-9H,(H3,24,25,26,27,28,29). The molecule has 3 rings (SSSR count). The first-order chi connectivity index (χ1) is 13.7. The van der Waals surface area contributed by atoms with Crippen molar-refractivity contribution >= 4 is 52.4 Å². The molecule has 0 aliphatic rings. The average Bonchev–Trinajstić information content (AvgIpc) is 2.65. The average molecular weight is 442 g/mol. The molecule has 1 aromatic carbocycles. The van der Waals surface area contributed by atoms with E-state index in [0.29, 0.717) is 16.9 Å². The molecule has 2 aromatic heterocycles. The zero-order chi connectivity index (χ0) is 21.0. The monoisotopic (exact) mass is 441 g/mol. The van der Waals surface area contributed by atoms with Gasteiger partial charge in [0, 0.05) is 16.9 Å². The predicted molar refractivity (Wildman–Crippen MR) is 106 cm³/mol. The zero-order valence-corrected chi connectivity index (χ0v) is 15.9. The quantitative estimate of drug-likeness (QED) is 0.450. The molecule has 29 heavy (non-hydrogen) atoms. The minimum Gasteiger partial charge on any atom is -0.324 e. The van der Waals surface area contributed by atoms with Gasteiger partial charge in [0.05, 0.1) is 10.6 Å². The summed E-state index contributed by atoms with van der Waals surface area (Å²) in [6.45, 7) is 0. The van der Waals surface area contributed by atoms with E-state index in [0.717, 1.165) is 6.07 Å². The molecule has 2 amide bonds. The van der Waals surface area contributed by atoms with Gasteiger partial charge >= 0.3 is 12.2 Å². The summed E-state index contributed by atoms with van der Waals surface area (Å²) in [7, 11) is 0. The molecule has 0 aliphatic carbocycles. The fourth-order valence-electron chi connectivity index (χ4n) is 2.19. The highest BCUT2D eigenvalue weighted by Gasteiger charge is 2.31. The lowest BCUT2D eigenvalue weighted by Crippen LogP contribution is -2.20. The molecule has 0 saturated carbocycles. The van der Waals surface area contributed by atoms with Crippen molar-refractivity contribution in [2.45, 2.75) is 6.18 Å². The molecular weight excluding hydrogens is 430 g/mol. The molecule has 150 valence electrons. The molecule has 0 aliphatic heterocycles. The first kappa shape index (κ1) is 20.7. The molecule has 0 saturated heterocycles. The molecule has 0 bridgehead atoms. The number of amides is 2. The number of urea groups is 1. The van der Waals surface area contributed by atoms with Gasteiger partial charge in [-0.1, -0.05) is 29.3 Å². The largest absolute Gasteiger partial charge is 0.417 e. The maximum atomic E-state index is 12.7. The van der Waals surface area contributed by atoms with Gasteiger partial charge in [0.2, 0.25) is 0 Å². The summed E-state index contributed by atoms with van der Waals surface area (Å²) >= 11 is 11.7. The van der Waals surface area contributed by atoms with Gasteiger partial charge in [-0.25, -0.2) is 14.8 Å². The second-order valence-corrected chi connectivity index (χ2v) is 6.51. The predicted octanol–water partition coefficient (Wildman–Crippen LogP) is 6.19. The van der Waals surface area contributed by atoms with E-state index in [-0.39, 0.29) is 22.5 Å². The molecule has 0 atom stereocenters. The van der Waals surface area contributed by atoms with Crippen molar-refractivity contribution in [1.29, 1.82) is 0 Å². The van der Waals surface area contributed by atoms with Crippen LogP contribution in [0.4, 0.5) is 41.1 Å². The minimum absolute atomic E-state index is 0.00469. The van der Waals surface area contributed by atoms with Crippen molar-refractivity contribution < 1.29 is 18.0 Å². The Morgan fingerprint density at radius 3 is 2.31 bits per heavy atom. The second kappa shape index (κ2) is 8.54.